The van der Waals surface area contributed by atoms with Crippen molar-refractivity contribution in [3.05, 3.63) is 18.0 Å². The number of hydrogen-bond acceptors (Lipinski definition) is 3. The second kappa shape index (κ2) is 5.41. The van der Waals surface area contributed by atoms with Crippen LogP contribution in [0.4, 0.5) is 0 Å². The number of nitrogens with zero attached hydrogens (tertiary/aromatic N) is 3. The van der Waals surface area contributed by atoms with E-state index in [1.165, 1.54) is 31.5 Å². The van der Waals surface area contributed by atoms with Crippen LogP contribution in [0.3, 0.4) is 0 Å². The molecule has 0 spiro atoms. The van der Waals surface area contributed by atoms with Gasteiger partial charge in [0.2, 0.25) is 0 Å². The Labute approximate surface area is 110 Å². The molecule has 4 nitrogen and oxygen atoms in total. The van der Waals surface area contributed by atoms with Crippen molar-refractivity contribution in [3.63, 3.8) is 0 Å². The minimum atomic E-state index is 0.134. The van der Waals surface area contributed by atoms with Crippen LogP contribution in [0.25, 0.3) is 0 Å². The summed E-state index contributed by atoms with van der Waals surface area (Å²) in [6.45, 7) is 10.3. The SMILES string of the molecule is CCNC(c1cnn(C)c1)C(C)(C)N1CCCC1. The minimum absolute atomic E-state index is 0.134. The number of aromatic nitrogens is 2. The molecule has 1 N–H and O–H groups in total. The molecule has 0 bridgehead atoms. The molecule has 1 saturated heterocycles. The van der Waals surface area contributed by atoms with Gasteiger partial charge < -0.3 is 5.32 Å². The number of likely N-dealkylation sites (tertiary alicyclic amines) is 1. The van der Waals surface area contributed by atoms with Gasteiger partial charge in [0.15, 0.2) is 0 Å². The van der Waals surface area contributed by atoms with Crippen molar-refractivity contribution in [2.24, 2.45) is 7.05 Å². The zero-order valence-electron chi connectivity index (χ0n) is 12.1. The molecule has 2 rings (SSSR count). The molecule has 1 atom stereocenters. The Kier molecular flexibility index (Phi) is 4.07. The molecule has 0 saturated carbocycles. The first kappa shape index (κ1) is 13.6. The van der Waals surface area contributed by atoms with Gasteiger partial charge in [-0.25, -0.2) is 0 Å². The molecule has 1 aromatic heterocycles. The summed E-state index contributed by atoms with van der Waals surface area (Å²) >= 11 is 0. The van der Waals surface area contributed by atoms with E-state index in [-0.39, 0.29) is 5.54 Å². The van der Waals surface area contributed by atoms with Gasteiger partial charge in [-0.15, -0.1) is 0 Å². The second-order valence-corrected chi connectivity index (χ2v) is 5.79. The fourth-order valence-corrected chi connectivity index (χ4v) is 3.04. The summed E-state index contributed by atoms with van der Waals surface area (Å²) in [7, 11) is 1.98. The van der Waals surface area contributed by atoms with E-state index in [2.05, 4.69) is 42.3 Å². The molecular weight excluding hydrogens is 224 g/mol. The smallest absolute Gasteiger partial charge is 0.0538 e. The highest BCUT2D eigenvalue weighted by molar-refractivity contribution is 5.17. The standard InChI is InChI=1S/C14H26N4/c1-5-15-13(12-10-16-17(4)11-12)14(2,3)18-8-6-7-9-18/h10-11,13,15H,5-9H2,1-4H3. The van der Waals surface area contributed by atoms with Gasteiger partial charge in [0, 0.05) is 24.3 Å². The molecule has 1 aliphatic heterocycles. The van der Waals surface area contributed by atoms with Gasteiger partial charge in [-0.1, -0.05) is 6.92 Å². The van der Waals surface area contributed by atoms with Crippen molar-refractivity contribution in [2.75, 3.05) is 19.6 Å². The van der Waals surface area contributed by atoms with Crippen molar-refractivity contribution >= 4 is 0 Å². The molecule has 0 radical (unpaired) electrons. The summed E-state index contributed by atoms with van der Waals surface area (Å²) in [6.07, 6.45) is 6.78. The zero-order chi connectivity index (χ0) is 13.2. The van der Waals surface area contributed by atoms with Gasteiger partial charge in [0.05, 0.1) is 12.2 Å². The first-order chi connectivity index (χ1) is 8.55. The molecule has 1 aromatic rings. The molecule has 2 heterocycles. The van der Waals surface area contributed by atoms with Crippen LogP contribution in [0.2, 0.25) is 0 Å². The van der Waals surface area contributed by atoms with E-state index in [1.54, 1.807) is 0 Å². The van der Waals surface area contributed by atoms with Crippen molar-refractivity contribution < 1.29 is 0 Å². The zero-order valence-corrected chi connectivity index (χ0v) is 12.1. The van der Waals surface area contributed by atoms with E-state index < -0.39 is 0 Å². The molecule has 1 unspecified atom stereocenters. The summed E-state index contributed by atoms with van der Waals surface area (Å²) in [5, 5.41) is 7.95. The first-order valence-corrected chi connectivity index (χ1v) is 7.02. The van der Waals surface area contributed by atoms with E-state index in [4.69, 9.17) is 0 Å². The fourth-order valence-electron chi connectivity index (χ4n) is 3.04. The highest BCUT2D eigenvalue weighted by atomic mass is 15.3. The topological polar surface area (TPSA) is 33.1 Å². The van der Waals surface area contributed by atoms with Crippen LogP contribution >= 0.6 is 0 Å². The monoisotopic (exact) mass is 250 g/mol. The third kappa shape index (κ3) is 2.59. The Bertz CT molecular complexity index is 377. The van der Waals surface area contributed by atoms with Crippen molar-refractivity contribution in [2.45, 2.75) is 45.2 Å². The highest BCUT2D eigenvalue weighted by Crippen LogP contribution is 2.33. The molecule has 0 amide bonds. The largest absolute Gasteiger partial charge is 0.309 e. The molecule has 18 heavy (non-hydrogen) atoms. The molecule has 102 valence electrons. The van der Waals surface area contributed by atoms with Crippen LogP contribution in [-0.4, -0.2) is 39.9 Å². The van der Waals surface area contributed by atoms with Crippen molar-refractivity contribution in [1.82, 2.24) is 20.0 Å². The van der Waals surface area contributed by atoms with Crippen LogP contribution in [0.15, 0.2) is 12.4 Å². The molecule has 1 fully saturated rings. The predicted octanol–water partition coefficient (Wildman–Crippen LogP) is 1.95. The van der Waals surface area contributed by atoms with Crippen molar-refractivity contribution in [3.8, 4) is 0 Å². The molecule has 4 heteroatoms. The molecule has 0 aromatic carbocycles. The fraction of sp³-hybridized carbons (Fsp3) is 0.786. The molecular formula is C14H26N4. The maximum Gasteiger partial charge on any atom is 0.0538 e. The molecule has 1 aliphatic rings. The van der Waals surface area contributed by atoms with Gasteiger partial charge in [-0.2, -0.15) is 5.10 Å². The average Bonchev–Trinajstić information content (AvgIpc) is 2.96. The van der Waals surface area contributed by atoms with Gasteiger partial charge >= 0.3 is 0 Å². The van der Waals surface area contributed by atoms with Gasteiger partial charge in [-0.05, 0) is 46.3 Å². The maximum atomic E-state index is 4.32. The quantitative estimate of drug-likeness (QED) is 0.867. The summed E-state index contributed by atoms with van der Waals surface area (Å²) in [6, 6.07) is 0.342. The number of aryl methyl sites for hydroxylation is 1. The number of rotatable bonds is 5. The lowest BCUT2D eigenvalue weighted by atomic mass is 9.88. The van der Waals surface area contributed by atoms with Crippen LogP contribution in [0, 0.1) is 0 Å². The summed E-state index contributed by atoms with van der Waals surface area (Å²) in [5.74, 6) is 0. The van der Waals surface area contributed by atoms with E-state index in [9.17, 15) is 0 Å². The third-order valence-electron chi connectivity index (χ3n) is 4.09. The maximum absolute atomic E-state index is 4.32. The number of likely N-dealkylation sites (N-methyl/N-ethyl adjacent to an activating group) is 1. The Morgan fingerprint density at radius 3 is 2.56 bits per heavy atom. The first-order valence-electron chi connectivity index (χ1n) is 7.02. The molecule has 0 aliphatic carbocycles. The van der Waals surface area contributed by atoms with Gasteiger partial charge in [0.1, 0.15) is 0 Å². The Morgan fingerprint density at radius 1 is 1.39 bits per heavy atom. The predicted molar refractivity (Wildman–Crippen MR) is 74.5 cm³/mol. The number of nitrogens with one attached hydrogen (secondary N) is 1. The van der Waals surface area contributed by atoms with Crippen LogP contribution in [-0.2, 0) is 7.05 Å². The van der Waals surface area contributed by atoms with E-state index in [1.807, 2.05) is 17.9 Å². The Balaban J connectivity index is 2.22. The lowest BCUT2D eigenvalue weighted by Crippen LogP contribution is -2.51. The lowest BCUT2D eigenvalue weighted by molar-refractivity contribution is 0.107. The highest BCUT2D eigenvalue weighted by Gasteiger charge is 2.37. The summed E-state index contributed by atoms with van der Waals surface area (Å²) in [4.78, 5) is 2.60. The van der Waals surface area contributed by atoms with Crippen LogP contribution in [0.1, 0.15) is 45.2 Å². The Morgan fingerprint density at radius 2 is 2.06 bits per heavy atom. The summed E-state index contributed by atoms with van der Waals surface area (Å²) in [5.41, 5.74) is 1.42. The normalized spacial score (nSPS) is 19.3. The Hall–Kier alpha value is -0.870. The minimum Gasteiger partial charge on any atom is -0.309 e. The number of hydrogen-bond donors (Lipinski definition) is 1. The van der Waals surface area contributed by atoms with E-state index in [0.717, 1.165) is 6.54 Å². The summed E-state index contributed by atoms with van der Waals surface area (Å²) < 4.78 is 1.89. The van der Waals surface area contributed by atoms with E-state index >= 15 is 0 Å². The second-order valence-electron chi connectivity index (χ2n) is 5.79. The van der Waals surface area contributed by atoms with Crippen LogP contribution in [0.5, 0.6) is 0 Å². The van der Waals surface area contributed by atoms with Gasteiger partial charge in [0.25, 0.3) is 0 Å². The van der Waals surface area contributed by atoms with Crippen LogP contribution < -0.4 is 5.32 Å². The lowest BCUT2D eigenvalue weighted by Gasteiger charge is -2.42. The van der Waals surface area contributed by atoms with Gasteiger partial charge in [-0.3, -0.25) is 9.58 Å². The third-order valence-corrected chi connectivity index (χ3v) is 4.09. The van der Waals surface area contributed by atoms with E-state index in [0.29, 0.717) is 6.04 Å². The average molecular weight is 250 g/mol. The van der Waals surface area contributed by atoms with Crippen molar-refractivity contribution in [1.29, 1.82) is 0 Å².